The minimum absolute atomic E-state index is 0.467. The van der Waals surface area contributed by atoms with Gasteiger partial charge in [0.25, 0.3) is 0 Å². The van der Waals surface area contributed by atoms with E-state index < -0.39 is 0 Å². The van der Waals surface area contributed by atoms with E-state index in [4.69, 9.17) is 5.73 Å². The van der Waals surface area contributed by atoms with Crippen molar-refractivity contribution in [3.63, 3.8) is 0 Å². The number of nitrogens with two attached hydrogens (primary N) is 1. The van der Waals surface area contributed by atoms with Crippen molar-refractivity contribution in [1.82, 2.24) is 4.98 Å². The van der Waals surface area contributed by atoms with Crippen LogP contribution < -0.4 is 10.6 Å². The van der Waals surface area contributed by atoms with Crippen molar-refractivity contribution in [2.75, 3.05) is 18.0 Å². The molecule has 0 fully saturated rings. The van der Waals surface area contributed by atoms with E-state index in [1.807, 2.05) is 6.92 Å². The maximum Gasteiger partial charge on any atom is 0.185 e. The lowest BCUT2D eigenvalue weighted by molar-refractivity contribution is 0.681. The molecule has 0 unspecified atom stereocenters. The van der Waals surface area contributed by atoms with Gasteiger partial charge in [0.1, 0.15) is 0 Å². The monoisotopic (exact) mass is 199 g/mol. The van der Waals surface area contributed by atoms with Gasteiger partial charge in [0, 0.05) is 24.5 Å². The van der Waals surface area contributed by atoms with Crippen molar-refractivity contribution < 1.29 is 0 Å². The van der Waals surface area contributed by atoms with Crippen LogP contribution in [-0.4, -0.2) is 24.1 Å². The van der Waals surface area contributed by atoms with Gasteiger partial charge in [-0.2, -0.15) is 0 Å². The number of rotatable bonds is 4. The summed E-state index contributed by atoms with van der Waals surface area (Å²) < 4.78 is 0. The summed E-state index contributed by atoms with van der Waals surface area (Å²) >= 11 is 1.69. The highest BCUT2D eigenvalue weighted by Gasteiger charge is 2.12. The van der Waals surface area contributed by atoms with Crippen LogP contribution in [0.2, 0.25) is 0 Å². The van der Waals surface area contributed by atoms with Gasteiger partial charge in [-0.15, -0.1) is 11.3 Å². The lowest BCUT2D eigenvalue weighted by atomic mass is 10.3. The first-order valence-corrected chi connectivity index (χ1v) is 5.42. The molecular formula is C9H17N3S. The fraction of sp³-hybridized carbons (Fsp3) is 0.667. The van der Waals surface area contributed by atoms with Gasteiger partial charge in [0.05, 0.1) is 5.69 Å². The minimum Gasteiger partial charge on any atom is -0.344 e. The predicted molar refractivity (Wildman–Crippen MR) is 58.4 cm³/mol. The summed E-state index contributed by atoms with van der Waals surface area (Å²) in [7, 11) is 0. The summed E-state index contributed by atoms with van der Waals surface area (Å²) in [4.78, 5) is 6.67. The smallest absolute Gasteiger partial charge is 0.185 e. The SMILES string of the molecule is Cc1csc(N(CCN)C(C)C)n1. The van der Waals surface area contributed by atoms with E-state index in [0.29, 0.717) is 12.6 Å². The predicted octanol–water partition coefficient (Wildman–Crippen LogP) is 1.63. The van der Waals surface area contributed by atoms with Crippen molar-refractivity contribution in [1.29, 1.82) is 0 Å². The highest BCUT2D eigenvalue weighted by atomic mass is 32.1. The molecule has 74 valence electrons. The van der Waals surface area contributed by atoms with Crippen LogP contribution in [-0.2, 0) is 0 Å². The second kappa shape index (κ2) is 4.58. The van der Waals surface area contributed by atoms with E-state index in [2.05, 4.69) is 29.1 Å². The molecule has 0 aliphatic carbocycles. The van der Waals surface area contributed by atoms with Crippen LogP contribution in [0.25, 0.3) is 0 Å². The molecule has 0 spiro atoms. The molecule has 0 atom stereocenters. The molecule has 1 heterocycles. The third-order valence-corrected chi connectivity index (χ3v) is 2.84. The quantitative estimate of drug-likeness (QED) is 0.801. The normalized spacial score (nSPS) is 10.8. The molecule has 13 heavy (non-hydrogen) atoms. The molecule has 4 heteroatoms. The third-order valence-electron chi connectivity index (χ3n) is 1.85. The Balaban J connectivity index is 2.75. The van der Waals surface area contributed by atoms with E-state index in [-0.39, 0.29) is 0 Å². The average molecular weight is 199 g/mol. The third kappa shape index (κ3) is 2.67. The minimum atomic E-state index is 0.467. The molecule has 0 radical (unpaired) electrons. The number of aryl methyl sites for hydroxylation is 1. The molecule has 2 N–H and O–H groups in total. The van der Waals surface area contributed by atoms with E-state index in [1.165, 1.54) is 0 Å². The summed E-state index contributed by atoms with van der Waals surface area (Å²) in [5, 5.41) is 3.15. The number of aromatic nitrogens is 1. The van der Waals surface area contributed by atoms with Crippen LogP contribution in [0, 0.1) is 6.92 Å². The van der Waals surface area contributed by atoms with Gasteiger partial charge in [-0.1, -0.05) is 0 Å². The number of hydrogen-bond acceptors (Lipinski definition) is 4. The van der Waals surface area contributed by atoms with Gasteiger partial charge in [-0.05, 0) is 20.8 Å². The Morgan fingerprint density at radius 1 is 1.62 bits per heavy atom. The second-order valence-electron chi connectivity index (χ2n) is 3.35. The van der Waals surface area contributed by atoms with E-state index in [9.17, 15) is 0 Å². The standard InChI is InChI=1S/C9H17N3S/c1-7(2)12(5-4-10)9-11-8(3)6-13-9/h6-7H,4-5,10H2,1-3H3. The van der Waals surface area contributed by atoms with Crippen molar-refractivity contribution in [2.45, 2.75) is 26.8 Å². The molecule has 0 aliphatic heterocycles. The number of nitrogens with zero attached hydrogens (tertiary/aromatic N) is 2. The Bertz CT molecular complexity index is 257. The topological polar surface area (TPSA) is 42.1 Å². The molecule has 0 amide bonds. The zero-order chi connectivity index (χ0) is 9.84. The first-order chi connectivity index (χ1) is 6.15. The largest absolute Gasteiger partial charge is 0.344 e. The van der Waals surface area contributed by atoms with E-state index in [1.54, 1.807) is 11.3 Å². The molecule has 0 aromatic carbocycles. The van der Waals surface area contributed by atoms with E-state index >= 15 is 0 Å². The Morgan fingerprint density at radius 3 is 2.69 bits per heavy atom. The maximum atomic E-state index is 5.55. The zero-order valence-corrected chi connectivity index (χ0v) is 9.27. The van der Waals surface area contributed by atoms with Crippen LogP contribution in [0.4, 0.5) is 5.13 Å². The Morgan fingerprint density at radius 2 is 2.31 bits per heavy atom. The summed E-state index contributed by atoms with van der Waals surface area (Å²) in [5.74, 6) is 0. The fourth-order valence-electron chi connectivity index (χ4n) is 1.19. The van der Waals surface area contributed by atoms with Crippen molar-refractivity contribution in [2.24, 2.45) is 5.73 Å². The summed E-state index contributed by atoms with van der Waals surface area (Å²) in [6.45, 7) is 7.89. The second-order valence-corrected chi connectivity index (χ2v) is 4.18. The lowest BCUT2D eigenvalue weighted by Crippen LogP contribution is -2.35. The molecule has 1 aromatic rings. The Hall–Kier alpha value is -0.610. The van der Waals surface area contributed by atoms with Crippen molar-refractivity contribution in [3.8, 4) is 0 Å². The van der Waals surface area contributed by atoms with Crippen molar-refractivity contribution >= 4 is 16.5 Å². The van der Waals surface area contributed by atoms with Gasteiger partial charge in [-0.25, -0.2) is 4.98 Å². The number of anilines is 1. The van der Waals surface area contributed by atoms with Crippen molar-refractivity contribution in [3.05, 3.63) is 11.1 Å². The highest BCUT2D eigenvalue weighted by molar-refractivity contribution is 7.13. The van der Waals surface area contributed by atoms with Gasteiger partial charge < -0.3 is 10.6 Å². The molecule has 0 saturated heterocycles. The molecule has 1 aromatic heterocycles. The molecule has 0 aliphatic rings. The molecule has 1 rings (SSSR count). The van der Waals surface area contributed by atoms with Crippen LogP contribution in [0.3, 0.4) is 0 Å². The first-order valence-electron chi connectivity index (χ1n) is 4.54. The molecular weight excluding hydrogens is 182 g/mol. The number of hydrogen-bond donors (Lipinski definition) is 1. The molecule has 0 saturated carbocycles. The van der Waals surface area contributed by atoms with Gasteiger partial charge in [-0.3, -0.25) is 0 Å². The maximum absolute atomic E-state index is 5.55. The fourth-order valence-corrected chi connectivity index (χ4v) is 2.15. The van der Waals surface area contributed by atoms with Crippen LogP contribution in [0.15, 0.2) is 5.38 Å². The van der Waals surface area contributed by atoms with Gasteiger partial charge >= 0.3 is 0 Å². The first kappa shape index (κ1) is 10.5. The van der Waals surface area contributed by atoms with Crippen LogP contribution in [0.1, 0.15) is 19.5 Å². The Kier molecular flexibility index (Phi) is 3.69. The molecule has 0 bridgehead atoms. The van der Waals surface area contributed by atoms with Crippen LogP contribution in [0.5, 0.6) is 0 Å². The number of thiazole rings is 1. The summed E-state index contributed by atoms with van der Waals surface area (Å²) in [6, 6.07) is 0.467. The lowest BCUT2D eigenvalue weighted by Gasteiger charge is -2.25. The summed E-state index contributed by atoms with van der Waals surface area (Å²) in [6.07, 6.45) is 0. The molecule has 3 nitrogen and oxygen atoms in total. The van der Waals surface area contributed by atoms with Gasteiger partial charge in [0.2, 0.25) is 0 Å². The highest BCUT2D eigenvalue weighted by Crippen LogP contribution is 2.21. The average Bonchev–Trinajstić information content (AvgIpc) is 2.46. The van der Waals surface area contributed by atoms with Crippen LogP contribution >= 0.6 is 11.3 Å². The summed E-state index contributed by atoms with van der Waals surface area (Å²) in [5.41, 5.74) is 6.63. The Labute approximate surface area is 83.6 Å². The zero-order valence-electron chi connectivity index (χ0n) is 8.45. The van der Waals surface area contributed by atoms with Gasteiger partial charge in [0.15, 0.2) is 5.13 Å². The van der Waals surface area contributed by atoms with E-state index in [0.717, 1.165) is 17.4 Å².